The highest BCUT2D eigenvalue weighted by Gasteiger charge is 2.01. The van der Waals surface area contributed by atoms with Gasteiger partial charge in [-0.25, -0.2) is 4.39 Å². The van der Waals surface area contributed by atoms with Gasteiger partial charge < -0.3 is 10.1 Å². The minimum Gasteiger partial charge on any atom is -0.494 e. The first-order valence-electron chi connectivity index (χ1n) is 6.87. The van der Waals surface area contributed by atoms with E-state index in [9.17, 15) is 9.18 Å². The number of halogens is 1. The summed E-state index contributed by atoms with van der Waals surface area (Å²) in [6, 6.07) is 5.88. The van der Waals surface area contributed by atoms with Gasteiger partial charge in [0, 0.05) is 13.0 Å². The molecule has 0 fully saturated rings. The normalized spacial score (nSPS) is 10.2. The van der Waals surface area contributed by atoms with Crippen molar-refractivity contribution < 1.29 is 13.9 Å². The van der Waals surface area contributed by atoms with Crippen LogP contribution in [0.2, 0.25) is 0 Å². The van der Waals surface area contributed by atoms with Crippen LogP contribution in [0.3, 0.4) is 0 Å². The average Bonchev–Trinajstić information content (AvgIpc) is 2.42. The molecule has 0 bridgehead atoms. The standard InChI is InChI=1S/C15H22FNO2/c1-2-3-4-11-17-15(18)6-5-12-19-14-9-7-13(16)8-10-14/h7-10H,2-6,11-12H2,1H3,(H,17,18). The smallest absolute Gasteiger partial charge is 0.220 e. The number of carbonyl (C=O) groups excluding carboxylic acids is 1. The number of benzene rings is 1. The van der Waals surface area contributed by atoms with Crippen molar-refractivity contribution in [2.24, 2.45) is 0 Å². The third-order valence-corrected chi connectivity index (χ3v) is 2.73. The molecule has 0 aliphatic carbocycles. The van der Waals surface area contributed by atoms with Crippen LogP contribution >= 0.6 is 0 Å². The molecule has 0 saturated carbocycles. The zero-order valence-corrected chi connectivity index (χ0v) is 11.5. The zero-order chi connectivity index (χ0) is 13.9. The van der Waals surface area contributed by atoms with Gasteiger partial charge in [-0.2, -0.15) is 0 Å². The molecule has 1 N–H and O–H groups in total. The van der Waals surface area contributed by atoms with E-state index in [4.69, 9.17) is 4.74 Å². The molecule has 0 radical (unpaired) electrons. The Kier molecular flexibility index (Phi) is 7.63. The fraction of sp³-hybridized carbons (Fsp3) is 0.533. The summed E-state index contributed by atoms with van der Waals surface area (Å²) in [5.74, 6) is 0.419. The highest BCUT2D eigenvalue weighted by Crippen LogP contribution is 2.11. The molecule has 0 saturated heterocycles. The number of ether oxygens (including phenoxy) is 1. The molecule has 19 heavy (non-hydrogen) atoms. The predicted molar refractivity (Wildman–Crippen MR) is 73.7 cm³/mol. The van der Waals surface area contributed by atoms with Crippen LogP contribution in [0, 0.1) is 5.82 Å². The Balaban J connectivity index is 2.03. The second-order valence-corrected chi connectivity index (χ2v) is 4.46. The number of unbranched alkanes of at least 4 members (excludes halogenated alkanes) is 2. The molecular formula is C15H22FNO2. The summed E-state index contributed by atoms with van der Waals surface area (Å²) in [7, 11) is 0. The molecule has 106 valence electrons. The van der Waals surface area contributed by atoms with Gasteiger partial charge in [0.2, 0.25) is 5.91 Å². The second kappa shape index (κ2) is 9.36. The van der Waals surface area contributed by atoms with Gasteiger partial charge in [0.1, 0.15) is 11.6 Å². The highest BCUT2D eigenvalue weighted by molar-refractivity contribution is 5.75. The van der Waals surface area contributed by atoms with E-state index in [0.717, 1.165) is 25.8 Å². The van der Waals surface area contributed by atoms with Crippen LogP contribution in [-0.2, 0) is 4.79 Å². The van der Waals surface area contributed by atoms with Crippen molar-refractivity contribution in [3.63, 3.8) is 0 Å². The molecule has 1 rings (SSSR count). The first-order chi connectivity index (χ1) is 9.22. The van der Waals surface area contributed by atoms with Crippen molar-refractivity contribution in [2.75, 3.05) is 13.2 Å². The number of hydrogen-bond donors (Lipinski definition) is 1. The molecule has 0 aromatic heterocycles. The molecule has 3 nitrogen and oxygen atoms in total. The van der Waals surface area contributed by atoms with Crippen molar-refractivity contribution in [3.05, 3.63) is 30.1 Å². The first kappa shape index (κ1) is 15.5. The Labute approximate surface area is 114 Å². The molecule has 1 aromatic rings. The van der Waals surface area contributed by atoms with Crippen molar-refractivity contribution in [2.45, 2.75) is 39.0 Å². The molecule has 0 aliphatic heterocycles. The molecule has 0 heterocycles. The van der Waals surface area contributed by atoms with Crippen LogP contribution < -0.4 is 10.1 Å². The minimum absolute atomic E-state index is 0.0683. The Morgan fingerprint density at radius 1 is 1.21 bits per heavy atom. The number of carbonyl (C=O) groups is 1. The maximum absolute atomic E-state index is 12.6. The van der Waals surface area contributed by atoms with Crippen molar-refractivity contribution in [3.8, 4) is 5.75 Å². The quantitative estimate of drug-likeness (QED) is 0.697. The van der Waals surface area contributed by atoms with E-state index in [2.05, 4.69) is 12.2 Å². The van der Waals surface area contributed by atoms with Gasteiger partial charge in [-0.3, -0.25) is 4.79 Å². The maximum Gasteiger partial charge on any atom is 0.220 e. The number of hydrogen-bond acceptors (Lipinski definition) is 2. The van der Waals surface area contributed by atoms with Crippen LogP contribution in [0.5, 0.6) is 5.75 Å². The van der Waals surface area contributed by atoms with Crippen molar-refractivity contribution in [1.29, 1.82) is 0 Å². The summed E-state index contributed by atoms with van der Waals surface area (Å²) in [5.41, 5.74) is 0. The lowest BCUT2D eigenvalue weighted by atomic mass is 10.2. The van der Waals surface area contributed by atoms with Gasteiger partial charge in [-0.15, -0.1) is 0 Å². The van der Waals surface area contributed by atoms with Crippen LogP contribution in [-0.4, -0.2) is 19.1 Å². The van der Waals surface area contributed by atoms with E-state index >= 15 is 0 Å². The van der Waals surface area contributed by atoms with E-state index in [1.807, 2.05) is 0 Å². The molecule has 0 spiro atoms. The van der Waals surface area contributed by atoms with Gasteiger partial charge in [-0.1, -0.05) is 19.8 Å². The highest BCUT2D eigenvalue weighted by atomic mass is 19.1. The summed E-state index contributed by atoms with van der Waals surface area (Å²) in [6.45, 7) is 3.36. The SMILES string of the molecule is CCCCCNC(=O)CCCOc1ccc(F)cc1. The van der Waals surface area contributed by atoms with Gasteiger partial charge in [0.15, 0.2) is 0 Å². The van der Waals surface area contributed by atoms with Crippen molar-refractivity contribution >= 4 is 5.91 Å². The summed E-state index contributed by atoms with van der Waals surface area (Å²) in [6.07, 6.45) is 4.47. The second-order valence-electron chi connectivity index (χ2n) is 4.46. The Bertz CT molecular complexity index is 365. The fourth-order valence-electron chi connectivity index (χ4n) is 1.64. The lowest BCUT2D eigenvalue weighted by Gasteiger charge is -2.07. The first-order valence-corrected chi connectivity index (χ1v) is 6.87. The van der Waals surface area contributed by atoms with Gasteiger partial charge in [0.25, 0.3) is 0 Å². The van der Waals surface area contributed by atoms with Crippen molar-refractivity contribution in [1.82, 2.24) is 5.32 Å². The summed E-state index contributed by atoms with van der Waals surface area (Å²) >= 11 is 0. The lowest BCUT2D eigenvalue weighted by Crippen LogP contribution is -2.24. The number of rotatable bonds is 9. The molecule has 0 unspecified atom stereocenters. The number of amides is 1. The molecule has 4 heteroatoms. The van der Waals surface area contributed by atoms with E-state index < -0.39 is 0 Å². The molecule has 1 aromatic carbocycles. The summed E-state index contributed by atoms with van der Waals surface area (Å²) in [5, 5.41) is 2.88. The van der Waals surface area contributed by atoms with Crippen LogP contribution in [0.4, 0.5) is 4.39 Å². The maximum atomic E-state index is 12.6. The Hall–Kier alpha value is -1.58. The summed E-state index contributed by atoms with van der Waals surface area (Å²) < 4.78 is 18.1. The van der Waals surface area contributed by atoms with E-state index in [1.54, 1.807) is 12.1 Å². The van der Waals surface area contributed by atoms with Gasteiger partial charge in [-0.05, 0) is 37.1 Å². The van der Waals surface area contributed by atoms with Gasteiger partial charge in [0.05, 0.1) is 6.61 Å². The number of nitrogens with one attached hydrogen (secondary N) is 1. The topological polar surface area (TPSA) is 38.3 Å². The van der Waals surface area contributed by atoms with E-state index in [-0.39, 0.29) is 11.7 Å². The van der Waals surface area contributed by atoms with Crippen LogP contribution in [0.25, 0.3) is 0 Å². The van der Waals surface area contributed by atoms with E-state index in [0.29, 0.717) is 25.2 Å². The monoisotopic (exact) mass is 267 g/mol. The third-order valence-electron chi connectivity index (χ3n) is 2.73. The van der Waals surface area contributed by atoms with Gasteiger partial charge >= 0.3 is 0 Å². The molecular weight excluding hydrogens is 245 g/mol. The van der Waals surface area contributed by atoms with Crippen LogP contribution in [0.1, 0.15) is 39.0 Å². The zero-order valence-electron chi connectivity index (χ0n) is 11.5. The molecule has 0 atom stereocenters. The minimum atomic E-state index is -0.279. The summed E-state index contributed by atoms with van der Waals surface area (Å²) in [4.78, 5) is 11.4. The predicted octanol–water partition coefficient (Wildman–Crippen LogP) is 3.29. The third kappa shape index (κ3) is 7.44. The Morgan fingerprint density at radius 2 is 1.95 bits per heavy atom. The van der Waals surface area contributed by atoms with E-state index in [1.165, 1.54) is 12.1 Å². The lowest BCUT2D eigenvalue weighted by molar-refractivity contribution is -0.121. The van der Waals surface area contributed by atoms with Crippen LogP contribution in [0.15, 0.2) is 24.3 Å². The average molecular weight is 267 g/mol. The molecule has 1 amide bonds. The Morgan fingerprint density at radius 3 is 2.63 bits per heavy atom. The largest absolute Gasteiger partial charge is 0.494 e. The molecule has 0 aliphatic rings. The fourth-order valence-corrected chi connectivity index (χ4v) is 1.64.